The van der Waals surface area contributed by atoms with Crippen LogP contribution in [-0.2, 0) is 12.3 Å². The van der Waals surface area contributed by atoms with Crippen molar-refractivity contribution in [3.05, 3.63) is 6.92 Å². The van der Waals surface area contributed by atoms with E-state index < -0.39 is 20.0 Å². The van der Waals surface area contributed by atoms with Gasteiger partial charge in [0.25, 0.3) is 20.0 Å². The SMILES string of the molecule is [CH2]CCC[SiH2]O[SiH2]O[SiH2]O[SiH3]. The summed E-state index contributed by atoms with van der Waals surface area (Å²) in [5.74, 6) is 0. The lowest BCUT2D eigenvalue weighted by atomic mass is 10.4. The maximum atomic E-state index is 5.44. The lowest BCUT2D eigenvalue weighted by Crippen LogP contribution is -2.12. The second kappa shape index (κ2) is 10.7. The molecule has 0 saturated heterocycles. The standard InChI is InChI=1S/C4H17O3Si4/c1-2-3-4-9-6-11-7-10-5-8/h1-4,9-11H2,8H3. The van der Waals surface area contributed by atoms with E-state index in [4.69, 9.17) is 12.3 Å². The normalized spacial score (nSPS) is 13.9. The van der Waals surface area contributed by atoms with Crippen LogP contribution in [0.1, 0.15) is 12.8 Å². The molecule has 7 heteroatoms. The Hall–Kier alpha value is 0.748. The topological polar surface area (TPSA) is 27.7 Å². The number of rotatable bonds is 8. The van der Waals surface area contributed by atoms with Gasteiger partial charge in [0.1, 0.15) is 20.2 Å². The first-order chi connectivity index (χ1) is 5.41. The summed E-state index contributed by atoms with van der Waals surface area (Å²) in [5, 5.41) is 0. The molecule has 0 saturated carbocycles. The molecule has 0 heterocycles. The minimum absolute atomic E-state index is 0.253. The summed E-state index contributed by atoms with van der Waals surface area (Å²) in [6.45, 7) is 3.77. The van der Waals surface area contributed by atoms with E-state index in [1.165, 1.54) is 12.5 Å². The predicted octanol–water partition coefficient (Wildman–Crippen LogP) is -2.57. The second-order valence-corrected chi connectivity index (χ2v) is 9.36. The van der Waals surface area contributed by atoms with Crippen LogP contribution in [-0.4, -0.2) is 40.3 Å². The third-order valence-electron chi connectivity index (χ3n) is 1.16. The molecule has 1 radical (unpaired) electrons. The largest absolute Gasteiger partial charge is 0.449 e. The van der Waals surface area contributed by atoms with Crippen LogP contribution < -0.4 is 0 Å². The first-order valence-electron chi connectivity index (χ1n) is 3.85. The summed E-state index contributed by atoms with van der Waals surface area (Å²) in [7, 11) is -0.674. The van der Waals surface area contributed by atoms with E-state index in [9.17, 15) is 0 Å². The lowest BCUT2D eigenvalue weighted by molar-refractivity contribution is 0.437. The van der Waals surface area contributed by atoms with E-state index >= 15 is 0 Å². The molecule has 11 heavy (non-hydrogen) atoms. The zero-order valence-electron chi connectivity index (χ0n) is 7.17. The van der Waals surface area contributed by atoms with Crippen LogP contribution >= 0.6 is 0 Å². The van der Waals surface area contributed by atoms with Gasteiger partial charge in [0.05, 0.1) is 0 Å². The third-order valence-corrected chi connectivity index (χ3v) is 6.04. The van der Waals surface area contributed by atoms with Gasteiger partial charge in [0.2, 0.25) is 0 Å². The minimum atomic E-state index is -0.627. The molecule has 0 fully saturated rings. The fourth-order valence-electron chi connectivity index (χ4n) is 0.616. The van der Waals surface area contributed by atoms with E-state index in [0.29, 0.717) is 0 Å². The van der Waals surface area contributed by atoms with Gasteiger partial charge in [0.15, 0.2) is 0 Å². The molecule has 0 aliphatic heterocycles. The van der Waals surface area contributed by atoms with Gasteiger partial charge in [-0.05, 0) is 6.04 Å². The quantitative estimate of drug-likeness (QED) is 0.336. The summed E-state index contributed by atoms with van der Waals surface area (Å²) in [6, 6.07) is 1.25. The fraction of sp³-hybridized carbons (Fsp3) is 0.750. The van der Waals surface area contributed by atoms with Crippen molar-refractivity contribution in [2.24, 2.45) is 0 Å². The molecule has 67 valence electrons. The number of hydrogen-bond acceptors (Lipinski definition) is 3. The lowest BCUT2D eigenvalue weighted by Gasteiger charge is -2.03. The Morgan fingerprint density at radius 1 is 1.27 bits per heavy atom. The highest BCUT2D eigenvalue weighted by Crippen LogP contribution is 1.92. The molecule has 0 aliphatic carbocycles. The Morgan fingerprint density at radius 2 is 2.09 bits per heavy atom. The molecule has 0 atom stereocenters. The van der Waals surface area contributed by atoms with Gasteiger partial charge in [-0.25, -0.2) is 0 Å². The fourth-order valence-corrected chi connectivity index (χ4v) is 6.43. The van der Waals surface area contributed by atoms with Crippen molar-refractivity contribution in [3.63, 3.8) is 0 Å². The first-order valence-corrected chi connectivity index (χ1v) is 8.55. The molecule has 0 spiro atoms. The smallest absolute Gasteiger partial charge is 0.284 e. The molecule has 0 N–H and O–H groups in total. The Kier molecular flexibility index (Phi) is 11.5. The number of unbranched alkanes of at least 4 members (excludes halogenated alkanes) is 1. The van der Waals surface area contributed by atoms with Crippen LogP contribution in [0.25, 0.3) is 0 Å². The van der Waals surface area contributed by atoms with Crippen molar-refractivity contribution < 1.29 is 12.3 Å². The van der Waals surface area contributed by atoms with Crippen LogP contribution in [0.2, 0.25) is 6.04 Å². The first kappa shape index (κ1) is 11.7. The monoisotopic (exact) mass is 225 g/mol. The molecule has 0 aromatic carbocycles. The van der Waals surface area contributed by atoms with Gasteiger partial charge in [0, 0.05) is 0 Å². The average molecular weight is 226 g/mol. The summed E-state index contributed by atoms with van der Waals surface area (Å²) >= 11 is 0. The summed E-state index contributed by atoms with van der Waals surface area (Å²) in [4.78, 5) is 0. The van der Waals surface area contributed by atoms with Crippen LogP contribution in [0.4, 0.5) is 0 Å². The molecule has 0 aromatic rings. The molecule has 0 aliphatic rings. The van der Waals surface area contributed by atoms with Crippen molar-refractivity contribution in [2.45, 2.75) is 18.9 Å². The van der Waals surface area contributed by atoms with E-state index in [-0.39, 0.29) is 9.76 Å². The highest BCUT2D eigenvalue weighted by molar-refractivity contribution is 6.44. The Labute approximate surface area is 78.8 Å². The van der Waals surface area contributed by atoms with E-state index in [1.54, 1.807) is 0 Å². The van der Waals surface area contributed by atoms with Gasteiger partial charge in [-0.1, -0.05) is 19.8 Å². The second-order valence-electron chi connectivity index (χ2n) is 2.20. The molecular formula is C4H17O3Si4. The molecule has 0 amide bonds. The van der Waals surface area contributed by atoms with Crippen molar-refractivity contribution in [3.8, 4) is 0 Å². The molecule has 0 bridgehead atoms. The van der Waals surface area contributed by atoms with E-state index in [1.807, 2.05) is 0 Å². The maximum absolute atomic E-state index is 5.44. The highest BCUT2D eigenvalue weighted by atomic mass is 28.4. The molecular weight excluding hydrogens is 208 g/mol. The zero-order valence-corrected chi connectivity index (χ0v) is 13.4. The maximum Gasteiger partial charge on any atom is 0.284 e. The van der Waals surface area contributed by atoms with Gasteiger partial charge < -0.3 is 12.3 Å². The third kappa shape index (κ3) is 10.7. The summed E-state index contributed by atoms with van der Waals surface area (Å²) in [5.41, 5.74) is 0. The minimum Gasteiger partial charge on any atom is -0.449 e. The van der Waals surface area contributed by atoms with Gasteiger partial charge in [-0.15, -0.1) is 0 Å². The molecule has 3 nitrogen and oxygen atoms in total. The average Bonchev–Trinajstić information content (AvgIpc) is 2.03. The summed E-state index contributed by atoms with van der Waals surface area (Å²) in [6.07, 6.45) is 2.26. The van der Waals surface area contributed by atoms with Crippen LogP contribution in [0.15, 0.2) is 0 Å². The molecule has 0 rings (SSSR count). The number of hydrogen-bond donors (Lipinski definition) is 0. The van der Waals surface area contributed by atoms with E-state index in [2.05, 4.69) is 6.92 Å². The Morgan fingerprint density at radius 3 is 2.73 bits per heavy atom. The molecule has 0 unspecified atom stereocenters. The molecule has 0 aromatic heterocycles. The van der Waals surface area contributed by atoms with Gasteiger partial charge in [-0.2, -0.15) is 0 Å². The van der Waals surface area contributed by atoms with Crippen molar-refractivity contribution in [1.82, 2.24) is 0 Å². The van der Waals surface area contributed by atoms with Gasteiger partial charge >= 0.3 is 0 Å². The van der Waals surface area contributed by atoms with E-state index in [0.717, 1.165) is 16.9 Å². The van der Waals surface area contributed by atoms with Gasteiger partial charge in [-0.3, -0.25) is 0 Å². The Bertz CT molecular complexity index is 66.4. The predicted molar refractivity (Wildman–Crippen MR) is 58.2 cm³/mol. The Balaban J connectivity index is 2.69. The van der Waals surface area contributed by atoms with Crippen molar-refractivity contribution in [2.75, 3.05) is 0 Å². The summed E-state index contributed by atoms with van der Waals surface area (Å²) < 4.78 is 15.7. The van der Waals surface area contributed by atoms with Crippen molar-refractivity contribution >= 4 is 40.3 Å². The van der Waals surface area contributed by atoms with Crippen molar-refractivity contribution in [1.29, 1.82) is 0 Å². The van der Waals surface area contributed by atoms with Crippen LogP contribution in [0, 0.1) is 6.92 Å². The van der Waals surface area contributed by atoms with Crippen LogP contribution in [0.3, 0.4) is 0 Å². The van der Waals surface area contributed by atoms with Crippen LogP contribution in [0.5, 0.6) is 0 Å². The highest BCUT2D eigenvalue weighted by Gasteiger charge is 1.89. The zero-order chi connectivity index (χ0) is 8.36.